The van der Waals surface area contributed by atoms with Crippen LogP contribution in [0, 0.1) is 12.8 Å². The van der Waals surface area contributed by atoms with Crippen LogP contribution in [-0.2, 0) is 4.79 Å². The van der Waals surface area contributed by atoms with Gasteiger partial charge in [-0.25, -0.2) is 4.68 Å². The molecule has 0 bridgehead atoms. The van der Waals surface area contributed by atoms with E-state index in [0.717, 1.165) is 11.4 Å². The van der Waals surface area contributed by atoms with E-state index in [1.54, 1.807) is 16.5 Å². The number of carbonyl (C=O) groups excluding carboxylic acids is 1. The predicted octanol–water partition coefficient (Wildman–Crippen LogP) is 2.30. The van der Waals surface area contributed by atoms with Gasteiger partial charge in [0, 0.05) is 13.1 Å². The summed E-state index contributed by atoms with van der Waals surface area (Å²) in [4.78, 5) is 25.6. The van der Waals surface area contributed by atoms with Gasteiger partial charge in [-0.15, -0.1) is 5.10 Å². The van der Waals surface area contributed by atoms with Crippen molar-refractivity contribution in [1.82, 2.24) is 19.9 Å². The molecular formula is C19H24N4O4. The van der Waals surface area contributed by atoms with Crippen LogP contribution >= 0.6 is 0 Å². The smallest absolute Gasteiger partial charge is 0.308 e. The molecule has 1 saturated heterocycles. The second kappa shape index (κ2) is 7.77. The van der Waals surface area contributed by atoms with Gasteiger partial charge in [0.15, 0.2) is 5.69 Å². The van der Waals surface area contributed by atoms with Crippen molar-refractivity contribution in [1.29, 1.82) is 0 Å². The third kappa shape index (κ3) is 4.10. The molecule has 8 nitrogen and oxygen atoms in total. The number of likely N-dealkylation sites (tertiary alicyclic amines) is 1. The zero-order valence-electron chi connectivity index (χ0n) is 15.8. The predicted molar refractivity (Wildman–Crippen MR) is 98.1 cm³/mol. The van der Waals surface area contributed by atoms with E-state index in [0.29, 0.717) is 25.1 Å². The van der Waals surface area contributed by atoms with Crippen molar-refractivity contribution in [3.63, 3.8) is 0 Å². The number of ether oxygens (including phenoxy) is 1. The van der Waals surface area contributed by atoms with Gasteiger partial charge in [-0.05, 0) is 57.9 Å². The second-order valence-corrected chi connectivity index (χ2v) is 7.02. The number of aromatic nitrogens is 3. The van der Waals surface area contributed by atoms with Gasteiger partial charge in [0.05, 0.1) is 23.4 Å². The van der Waals surface area contributed by atoms with E-state index >= 15 is 0 Å². The first-order valence-corrected chi connectivity index (χ1v) is 9.08. The lowest BCUT2D eigenvalue weighted by atomic mass is 9.98. The number of nitrogens with zero attached hydrogens (tertiary/aromatic N) is 4. The molecule has 1 aliphatic heterocycles. The number of carboxylic acids is 1. The van der Waals surface area contributed by atoms with Crippen LogP contribution in [0.5, 0.6) is 5.75 Å². The highest BCUT2D eigenvalue weighted by Gasteiger charge is 2.31. The van der Waals surface area contributed by atoms with Crippen molar-refractivity contribution in [2.24, 2.45) is 5.92 Å². The summed E-state index contributed by atoms with van der Waals surface area (Å²) in [5.74, 6) is -0.900. The quantitative estimate of drug-likeness (QED) is 0.865. The Morgan fingerprint density at radius 3 is 2.59 bits per heavy atom. The van der Waals surface area contributed by atoms with Crippen LogP contribution in [0.15, 0.2) is 24.3 Å². The second-order valence-electron chi connectivity index (χ2n) is 7.02. The summed E-state index contributed by atoms with van der Waals surface area (Å²) in [7, 11) is 0. The molecular weight excluding hydrogens is 348 g/mol. The van der Waals surface area contributed by atoms with E-state index in [1.165, 1.54) is 0 Å². The summed E-state index contributed by atoms with van der Waals surface area (Å²) in [5, 5.41) is 17.4. The Morgan fingerprint density at radius 1 is 1.26 bits per heavy atom. The highest BCUT2D eigenvalue weighted by Crippen LogP contribution is 2.21. The Hall–Kier alpha value is -2.90. The Bertz CT molecular complexity index is 829. The molecule has 144 valence electrons. The number of benzene rings is 1. The Labute approximate surface area is 157 Å². The lowest BCUT2D eigenvalue weighted by molar-refractivity contribution is -0.143. The fraction of sp³-hybridized carbons (Fsp3) is 0.474. The maximum atomic E-state index is 12.8. The molecule has 1 aromatic carbocycles. The third-order valence-electron chi connectivity index (χ3n) is 4.61. The van der Waals surface area contributed by atoms with Crippen LogP contribution in [0.1, 0.15) is 42.9 Å². The zero-order chi connectivity index (χ0) is 19.6. The number of hydrogen-bond acceptors (Lipinski definition) is 5. The van der Waals surface area contributed by atoms with E-state index in [1.807, 2.05) is 38.1 Å². The van der Waals surface area contributed by atoms with E-state index in [9.17, 15) is 14.7 Å². The highest BCUT2D eigenvalue weighted by molar-refractivity contribution is 5.93. The van der Waals surface area contributed by atoms with Crippen LogP contribution in [-0.4, -0.2) is 56.1 Å². The molecule has 3 rings (SSSR count). The van der Waals surface area contributed by atoms with Crippen LogP contribution in [0.3, 0.4) is 0 Å². The molecule has 1 unspecified atom stereocenters. The minimum absolute atomic E-state index is 0.0901. The van der Waals surface area contributed by atoms with Gasteiger partial charge >= 0.3 is 5.97 Å². The molecule has 2 aromatic rings. The normalized spacial score (nSPS) is 17.2. The van der Waals surface area contributed by atoms with Gasteiger partial charge in [-0.3, -0.25) is 9.59 Å². The summed E-state index contributed by atoms with van der Waals surface area (Å²) >= 11 is 0. The average molecular weight is 372 g/mol. The van der Waals surface area contributed by atoms with Crippen LogP contribution in [0.4, 0.5) is 0 Å². The van der Waals surface area contributed by atoms with E-state index in [2.05, 4.69) is 10.3 Å². The molecule has 1 fully saturated rings. The molecule has 1 amide bonds. The standard InChI is InChI=1S/C19H24N4O4/c1-12(2)27-16-8-6-15(7-9-16)23-13(3)17(20-21-23)18(24)22-10-4-5-14(11-22)19(25)26/h6-9,12,14H,4-5,10-11H2,1-3H3,(H,25,26). The number of aliphatic carboxylic acids is 1. The zero-order valence-corrected chi connectivity index (χ0v) is 15.8. The van der Waals surface area contributed by atoms with Crippen molar-refractivity contribution >= 4 is 11.9 Å². The number of hydrogen-bond donors (Lipinski definition) is 1. The number of carboxylic acid groups (broad SMARTS) is 1. The Kier molecular flexibility index (Phi) is 5.43. The molecule has 0 radical (unpaired) electrons. The summed E-state index contributed by atoms with van der Waals surface area (Å²) < 4.78 is 7.24. The number of carbonyl (C=O) groups is 2. The van der Waals surface area contributed by atoms with Crippen molar-refractivity contribution in [2.45, 2.75) is 39.7 Å². The molecule has 0 saturated carbocycles. The molecule has 1 aliphatic rings. The monoisotopic (exact) mass is 372 g/mol. The molecule has 1 atom stereocenters. The molecule has 27 heavy (non-hydrogen) atoms. The SMILES string of the molecule is Cc1c(C(=O)N2CCCC(C(=O)O)C2)nnn1-c1ccc(OC(C)C)cc1. The highest BCUT2D eigenvalue weighted by atomic mass is 16.5. The maximum Gasteiger partial charge on any atom is 0.308 e. The molecule has 1 aromatic heterocycles. The van der Waals surface area contributed by atoms with E-state index < -0.39 is 11.9 Å². The van der Waals surface area contributed by atoms with Crippen molar-refractivity contribution in [3.8, 4) is 11.4 Å². The third-order valence-corrected chi connectivity index (χ3v) is 4.61. The summed E-state index contributed by atoms with van der Waals surface area (Å²) in [6.45, 7) is 6.45. The Balaban J connectivity index is 1.78. The van der Waals surface area contributed by atoms with Crippen molar-refractivity contribution < 1.29 is 19.4 Å². The number of piperidine rings is 1. The maximum absolute atomic E-state index is 12.8. The fourth-order valence-electron chi connectivity index (χ4n) is 3.22. The van der Waals surface area contributed by atoms with Crippen molar-refractivity contribution in [3.05, 3.63) is 35.7 Å². The van der Waals surface area contributed by atoms with Crippen LogP contribution in [0.25, 0.3) is 5.69 Å². The van der Waals surface area contributed by atoms with E-state index in [-0.39, 0.29) is 24.2 Å². The van der Waals surface area contributed by atoms with Crippen molar-refractivity contribution in [2.75, 3.05) is 13.1 Å². The average Bonchev–Trinajstić information content (AvgIpc) is 3.03. The van der Waals surface area contributed by atoms with Gasteiger partial charge in [-0.2, -0.15) is 0 Å². The van der Waals surface area contributed by atoms with Gasteiger partial charge in [-0.1, -0.05) is 5.21 Å². The molecule has 1 N–H and O–H groups in total. The largest absolute Gasteiger partial charge is 0.491 e. The lowest BCUT2D eigenvalue weighted by Gasteiger charge is -2.30. The van der Waals surface area contributed by atoms with Gasteiger partial charge < -0.3 is 14.7 Å². The van der Waals surface area contributed by atoms with Crippen LogP contribution in [0.2, 0.25) is 0 Å². The molecule has 2 heterocycles. The summed E-state index contributed by atoms with van der Waals surface area (Å²) in [6.07, 6.45) is 1.36. The fourth-order valence-corrected chi connectivity index (χ4v) is 3.22. The minimum atomic E-state index is -0.864. The topological polar surface area (TPSA) is 97.5 Å². The van der Waals surface area contributed by atoms with Gasteiger partial charge in [0.2, 0.25) is 0 Å². The van der Waals surface area contributed by atoms with Crippen LogP contribution < -0.4 is 4.74 Å². The van der Waals surface area contributed by atoms with Gasteiger partial charge in [0.1, 0.15) is 5.75 Å². The van der Waals surface area contributed by atoms with Gasteiger partial charge in [0.25, 0.3) is 5.91 Å². The first-order chi connectivity index (χ1) is 12.9. The molecule has 0 aliphatic carbocycles. The minimum Gasteiger partial charge on any atom is -0.491 e. The molecule has 8 heteroatoms. The van der Waals surface area contributed by atoms with E-state index in [4.69, 9.17) is 4.74 Å². The summed E-state index contributed by atoms with van der Waals surface area (Å²) in [5.41, 5.74) is 1.65. The number of rotatable bonds is 5. The summed E-state index contributed by atoms with van der Waals surface area (Å²) in [6, 6.07) is 7.41. The first kappa shape index (κ1) is 18.9. The molecule has 0 spiro atoms. The number of amides is 1. The lowest BCUT2D eigenvalue weighted by Crippen LogP contribution is -2.42. The Morgan fingerprint density at radius 2 is 1.96 bits per heavy atom. The first-order valence-electron chi connectivity index (χ1n) is 9.08.